The first-order valence-corrected chi connectivity index (χ1v) is 6.48. The van der Waals surface area contributed by atoms with Gasteiger partial charge in [-0.15, -0.1) is 0 Å². The van der Waals surface area contributed by atoms with Crippen molar-refractivity contribution < 1.29 is 13.9 Å². The van der Waals surface area contributed by atoms with Gasteiger partial charge in [0.2, 0.25) is 0 Å². The van der Waals surface area contributed by atoms with Gasteiger partial charge in [-0.2, -0.15) is 0 Å². The highest BCUT2D eigenvalue weighted by molar-refractivity contribution is 6.32. The molecule has 0 aliphatic heterocycles. The third kappa shape index (κ3) is 4.39. The van der Waals surface area contributed by atoms with Crippen molar-refractivity contribution in [2.75, 3.05) is 6.61 Å². The fourth-order valence-corrected chi connectivity index (χ4v) is 1.67. The number of rotatable bonds is 6. The van der Waals surface area contributed by atoms with E-state index in [2.05, 4.69) is 0 Å². The van der Waals surface area contributed by atoms with E-state index in [1.165, 1.54) is 12.1 Å². The summed E-state index contributed by atoms with van der Waals surface area (Å²) >= 11 is 0. The average Bonchev–Trinajstić information content (AvgIpc) is 2.47. The summed E-state index contributed by atoms with van der Waals surface area (Å²) < 4.78 is 24.4. The molecule has 2 aromatic rings. The van der Waals surface area contributed by atoms with Crippen LogP contribution in [0.2, 0.25) is 0 Å². The molecule has 0 saturated carbocycles. The van der Waals surface area contributed by atoms with Gasteiger partial charge in [-0.05, 0) is 18.6 Å². The van der Waals surface area contributed by atoms with Gasteiger partial charge in [0.1, 0.15) is 26.0 Å². The van der Waals surface area contributed by atoms with Crippen LogP contribution in [-0.4, -0.2) is 20.6 Å². The molecule has 20 heavy (non-hydrogen) atoms. The Kier molecular flexibility index (Phi) is 5.19. The van der Waals surface area contributed by atoms with Crippen molar-refractivity contribution in [3.63, 3.8) is 0 Å². The molecule has 2 radical (unpaired) electrons. The van der Waals surface area contributed by atoms with Crippen LogP contribution in [0.3, 0.4) is 0 Å². The van der Waals surface area contributed by atoms with Crippen molar-refractivity contribution in [3.8, 4) is 5.75 Å². The van der Waals surface area contributed by atoms with Crippen LogP contribution in [-0.2, 0) is 11.3 Å². The van der Waals surface area contributed by atoms with Crippen LogP contribution in [0.1, 0.15) is 12.5 Å². The van der Waals surface area contributed by atoms with Crippen molar-refractivity contribution in [3.05, 3.63) is 59.9 Å². The topological polar surface area (TPSA) is 18.5 Å². The Morgan fingerprint density at radius 2 is 1.90 bits per heavy atom. The van der Waals surface area contributed by atoms with Gasteiger partial charge in [0.05, 0.1) is 12.7 Å². The number of hydrogen-bond donors (Lipinski definition) is 0. The zero-order chi connectivity index (χ0) is 14.4. The Bertz CT molecular complexity index is 545. The lowest BCUT2D eigenvalue weighted by atomic mass is 9.96. The minimum Gasteiger partial charge on any atom is -0.491 e. The number of ether oxygens (including phenoxy) is 2. The zero-order valence-electron chi connectivity index (χ0n) is 11.4. The maximum atomic E-state index is 13.2. The minimum absolute atomic E-state index is 0.0872. The van der Waals surface area contributed by atoms with E-state index >= 15 is 0 Å². The molecule has 0 amide bonds. The van der Waals surface area contributed by atoms with Gasteiger partial charge in [-0.1, -0.05) is 41.9 Å². The normalized spacial score (nSPS) is 12.1. The molecule has 0 aliphatic carbocycles. The number of benzene rings is 2. The van der Waals surface area contributed by atoms with E-state index < -0.39 is 5.82 Å². The van der Waals surface area contributed by atoms with E-state index in [1.54, 1.807) is 6.07 Å². The summed E-state index contributed by atoms with van der Waals surface area (Å²) in [6, 6.07) is 14.3. The predicted molar refractivity (Wildman–Crippen MR) is 78.0 cm³/mol. The Labute approximate surface area is 119 Å². The highest BCUT2D eigenvalue weighted by atomic mass is 19.1. The molecule has 0 N–H and O–H groups in total. The molecule has 1 unspecified atom stereocenters. The average molecular weight is 270 g/mol. The van der Waals surface area contributed by atoms with Crippen molar-refractivity contribution in [2.45, 2.75) is 19.6 Å². The van der Waals surface area contributed by atoms with Gasteiger partial charge in [0.25, 0.3) is 0 Å². The van der Waals surface area contributed by atoms with E-state index in [-0.39, 0.29) is 11.6 Å². The lowest BCUT2D eigenvalue weighted by Gasteiger charge is -2.14. The first-order valence-electron chi connectivity index (χ1n) is 6.48. The lowest BCUT2D eigenvalue weighted by Crippen LogP contribution is -2.18. The van der Waals surface area contributed by atoms with Gasteiger partial charge in [0.15, 0.2) is 0 Å². The summed E-state index contributed by atoms with van der Waals surface area (Å²) in [4.78, 5) is 0. The molecule has 4 heteroatoms. The summed E-state index contributed by atoms with van der Waals surface area (Å²) in [6.07, 6.45) is -0.0872. The summed E-state index contributed by atoms with van der Waals surface area (Å²) in [5, 5.41) is 0. The largest absolute Gasteiger partial charge is 0.491 e. The lowest BCUT2D eigenvalue weighted by molar-refractivity contribution is 0.0213. The monoisotopic (exact) mass is 270 g/mol. The van der Waals surface area contributed by atoms with E-state index in [0.717, 1.165) is 5.56 Å². The summed E-state index contributed by atoms with van der Waals surface area (Å²) in [7, 11) is 5.40. The number of halogens is 1. The Morgan fingerprint density at radius 3 is 2.60 bits per heavy atom. The third-order valence-corrected chi connectivity index (χ3v) is 2.83. The van der Waals surface area contributed by atoms with E-state index in [1.807, 2.05) is 37.3 Å². The highest BCUT2D eigenvalue weighted by Gasteiger charge is 2.05. The van der Waals surface area contributed by atoms with Gasteiger partial charge < -0.3 is 9.47 Å². The standard InChI is InChI=1S/C16H16BFO2/c1-12(19-11-13-5-3-2-4-6-13)10-20-14-7-8-15(17)16(18)9-14/h2-9,12H,10-11H2,1H3. The maximum Gasteiger partial charge on any atom is 0.122 e. The van der Waals surface area contributed by atoms with Gasteiger partial charge in [-0.3, -0.25) is 0 Å². The predicted octanol–water partition coefficient (Wildman–Crippen LogP) is 2.60. The van der Waals surface area contributed by atoms with Crippen molar-refractivity contribution in [2.24, 2.45) is 0 Å². The molecule has 1 atom stereocenters. The molecule has 0 heterocycles. The van der Waals surface area contributed by atoms with E-state index in [4.69, 9.17) is 17.3 Å². The molecule has 0 aliphatic rings. The SMILES string of the molecule is [B]c1ccc(OCC(C)OCc2ccccc2)cc1F. The van der Waals surface area contributed by atoms with Crippen LogP contribution in [0.4, 0.5) is 4.39 Å². The third-order valence-electron chi connectivity index (χ3n) is 2.83. The second-order valence-corrected chi connectivity index (χ2v) is 4.60. The van der Waals surface area contributed by atoms with E-state index in [9.17, 15) is 4.39 Å². The van der Waals surface area contributed by atoms with Crippen LogP contribution in [0.15, 0.2) is 48.5 Å². The molecule has 2 nitrogen and oxygen atoms in total. The Balaban J connectivity index is 1.77. The molecular weight excluding hydrogens is 254 g/mol. The minimum atomic E-state index is -0.472. The van der Waals surface area contributed by atoms with Gasteiger partial charge >= 0.3 is 0 Å². The first-order chi connectivity index (χ1) is 9.65. The fraction of sp³-hybridized carbons (Fsp3) is 0.250. The molecule has 2 rings (SSSR count). The quantitative estimate of drug-likeness (QED) is 0.751. The van der Waals surface area contributed by atoms with E-state index in [0.29, 0.717) is 19.0 Å². The highest BCUT2D eigenvalue weighted by Crippen LogP contribution is 2.11. The summed E-state index contributed by atoms with van der Waals surface area (Å²) in [5.41, 5.74) is 1.23. The van der Waals surface area contributed by atoms with Crippen molar-refractivity contribution in [1.29, 1.82) is 0 Å². The van der Waals surface area contributed by atoms with Crippen molar-refractivity contribution >= 4 is 13.3 Å². The number of hydrogen-bond acceptors (Lipinski definition) is 2. The molecule has 0 saturated heterocycles. The van der Waals surface area contributed by atoms with Crippen LogP contribution in [0.25, 0.3) is 0 Å². The Hall–Kier alpha value is -1.81. The maximum absolute atomic E-state index is 13.2. The second kappa shape index (κ2) is 7.10. The smallest absolute Gasteiger partial charge is 0.122 e. The molecule has 0 spiro atoms. The molecule has 0 aromatic heterocycles. The summed E-state index contributed by atoms with van der Waals surface area (Å²) in [5.74, 6) is -0.0211. The first kappa shape index (κ1) is 14.6. The molecule has 0 fully saturated rings. The van der Waals surface area contributed by atoms with Crippen molar-refractivity contribution in [1.82, 2.24) is 0 Å². The Morgan fingerprint density at radius 1 is 1.15 bits per heavy atom. The van der Waals surface area contributed by atoms with Crippen LogP contribution in [0, 0.1) is 5.82 Å². The van der Waals surface area contributed by atoms with Crippen LogP contribution >= 0.6 is 0 Å². The fourth-order valence-electron chi connectivity index (χ4n) is 1.67. The second-order valence-electron chi connectivity index (χ2n) is 4.60. The van der Waals surface area contributed by atoms with Gasteiger partial charge in [0, 0.05) is 6.07 Å². The molecule has 2 aromatic carbocycles. The van der Waals surface area contributed by atoms with Gasteiger partial charge in [-0.25, -0.2) is 4.39 Å². The summed E-state index contributed by atoms with van der Waals surface area (Å²) in [6.45, 7) is 2.80. The molecule has 102 valence electrons. The zero-order valence-corrected chi connectivity index (χ0v) is 11.4. The molecule has 0 bridgehead atoms. The van der Waals surface area contributed by atoms with Crippen LogP contribution < -0.4 is 10.2 Å². The molecular formula is C16H16BFO2. The van der Waals surface area contributed by atoms with Crippen LogP contribution in [0.5, 0.6) is 5.75 Å².